The maximum absolute atomic E-state index is 5.86. The summed E-state index contributed by atoms with van der Waals surface area (Å²) in [5.74, 6) is 3.72. The summed E-state index contributed by atoms with van der Waals surface area (Å²) in [4.78, 5) is 2.28. The van der Waals surface area contributed by atoms with Crippen LogP contribution in [0.5, 0.6) is 5.75 Å². The third-order valence-electron chi connectivity index (χ3n) is 13.5. The molecule has 4 heteroatoms. The summed E-state index contributed by atoms with van der Waals surface area (Å²) >= 11 is 0. The first-order chi connectivity index (χ1) is 34.3. The van der Waals surface area contributed by atoms with Crippen molar-refractivity contribution in [1.29, 1.82) is 0 Å². The third-order valence-corrected chi connectivity index (χ3v) is 13.5. The van der Waals surface area contributed by atoms with E-state index < -0.39 is 0 Å². The van der Waals surface area contributed by atoms with Crippen molar-refractivity contribution in [3.8, 4) is 16.9 Å². The van der Waals surface area contributed by atoms with Crippen LogP contribution in [0.4, 0.5) is 17.1 Å². The van der Waals surface area contributed by atoms with Crippen molar-refractivity contribution in [2.24, 2.45) is 11.8 Å². The lowest BCUT2D eigenvalue weighted by Crippen LogP contribution is -2.09. The molecule has 10 rings (SSSR count). The molecule has 10 aromatic rings. The minimum atomic E-state index is 0.523. The van der Waals surface area contributed by atoms with E-state index in [1.165, 1.54) is 88.5 Å². The Bertz CT molecular complexity index is 3240. The number of rotatable bonds is 13. The van der Waals surface area contributed by atoms with E-state index in [4.69, 9.17) is 4.74 Å². The second kappa shape index (κ2) is 22.8. The number of hydrogen-bond donors (Lipinski definition) is 0. The number of benzene rings is 8. The Morgan fingerprint density at radius 2 is 0.817 bits per heavy atom. The Kier molecular flexibility index (Phi) is 16.2. The van der Waals surface area contributed by atoms with Gasteiger partial charge in [0.25, 0.3) is 0 Å². The second-order valence-corrected chi connectivity index (χ2v) is 20.8. The molecule has 0 atom stereocenters. The van der Waals surface area contributed by atoms with Crippen molar-refractivity contribution in [2.45, 2.75) is 107 Å². The highest BCUT2D eigenvalue weighted by atomic mass is 16.5. The average Bonchev–Trinajstić information content (AvgIpc) is 3.87. The highest BCUT2D eigenvalue weighted by Gasteiger charge is 2.16. The number of para-hydroxylation sites is 3. The van der Waals surface area contributed by atoms with Crippen LogP contribution in [0.15, 0.2) is 188 Å². The lowest BCUT2D eigenvalue weighted by Gasteiger charge is -2.25. The highest BCUT2D eigenvalue weighted by Crippen LogP contribution is 2.37. The minimum Gasteiger partial charge on any atom is -0.493 e. The molecule has 0 spiro atoms. The number of aryl methyl sites for hydroxylation is 1. The summed E-state index contributed by atoms with van der Waals surface area (Å²) in [6, 6.07) is 67.8. The van der Waals surface area contributed by atoms with E-state index in [1.54, 1.807) is 0 Å². The molecular weight excluding hydrogens is 863 g/mol. The number of ether oxygens (including phenoxy) is 1. The fourth-order valence-electron chi connectivity index (χ4n) is 9.61. The van der Waals surface area contributed by atoms with Gasteiger partial charge >= 0.3 is 0 Å². The van der Waals surface area contributed by atoms with Gasteiger partial charge in [-0.3, -0.25) is 0 Å². The quantitative estimate of drug-likeness (QED) is 0.115. The molecule has 0 amide bonds. The third kappa shape index (κ3) is 11.6. The van der Waals surface area contributed by atoms with Crippen LogP contribution in [0.1, 0.15) is 111 Å². The van der Waals surface area contributed by atoms with Crippen LogP contribution in [0.25, 0.3) is 54.7 Å². The zero-order valence-electron chi connectivity index (χ0n) is 44.2. The van der Waals surface area contributed by atoms with Gasteiger partial charge < -0.3 is 18.8 Å². The molecule has 71 heavy (non-hydrogen) atoms. The number of hydrogen-bond acceptors (Lipinski definition) is 2. The lowest BCUT2D eigenvalue weighted by atomic mass is 9.99. The minimum absolute atomic E-state index is 0.523. The van der Waals surface area contributed by atoms with Crippen LogP contribution >= 0.6 is 0 Å². The molecule has 0 aliphatic carbocycles. The van der Waals surface area contributed by atoms with E-state index in [0.29, 0.717) is 29.6 Å². The van der Waals surface area contributed by atoms with Gasteiger partial charge in [-0.2, -0.15) is 0 Å². The van der Waals surface area contributed by atoms with Crippen LogP contribution in [0.3, 0.4) is 0 Å². The van der Waals surface area contributed by atoms with E-state index in [0.717, 1.165) is 25.4 Å². The van der Waals surface area contributed by atoms with Crippen LogP contribution in [-0.4, -0.2) is 15.7 Å². The van der Waals surface area contributed by atoms with Gasteiger partial charge in [-0.25, -0.2) is 0 Å². The maximum atomic E-state index is 5.86. The number of anilines is 3. The highest BCUT2D eigenvalue weighted by molar-refractivity contribution is 6.10. The Labute approximate surface area is 424 Å². The first-order valence-electron chi connectivity index (χ1n) is 26.1. The van der Waals surface area contributed by atoms with Gasteiger partial charge in [-0.15, -0.1) is 0 Å². The van der Waals surface area contributed by atoms with Gasteiger partial charge in [0.1, 0.15) is 5.75 Å². The predicted octanol–water partition coefficient (Wildman–Crippen LogP) is 19.5. The smallest absolute Gasteiger partial charge is 0.119 e. The van der Waals surface area contributed by atoms with Crippen molar-refractivity contribution in [3.05, 3.63) is 205 Å². The van der Waals surface area contributed by atoms with Gasteiger partial charge in [0.15, 0.2) is 0 Å². The Balaban J connectivity index is 0.000000149. The molecule has 2 aromatic heterocycles. The van der Waals surface area contributed by atoms with Crippen LogP contribution in [-0.2, 0) is 13.1 Å². The molecule has 0 unspecified atom stereocenters. The molecule has 0 radical (unpaired) electrons. The van der Waals surface area contributed by atoms with Gasteiger partial charge in [0.2, 0.25) is 0 Å². The number of fused-ring (bicyclic) bond motifs is 6. The standard InChI is InChI=1S/C29H35NO.C21H21N.C17H19N/c1-19(2)17-30-28-13-9-23(21(5)6)15-26(28)27-16-24(10-14-29(27)30)22-7-11-25(12-8-22)31-18-20(3)4;1-17(2)18-13-15-21(16-14-18)22(19-9-5-3-6-10-19)20-11-7-4-8-12-20;1-4-18-16-8-6-5-7-14(16)15-11-13(12(2)3)9-10-17(15)18/h7-16,19-21H,17-18H2,1-6H3;3-17H,1-2H3;5-12H,4H2,1-3H3. The predicted molar refractivity (Wildman–Crippen MR) is 309 cm³/mol. The molecule has 0 aliphatic heterocycles. The lowest BCUT2D eigenvalue weighted by molar-refractivity contribution is 0.271. The first-order valence-corrected chi connectivity index (χ1v) is 26.1. The molecule has 0 fully saturated rings. The van der Waals surface area contributed by atoms with Crippen molar-refractivity contribution in [3.63, 3.8) is 0 Å². The van der Waals surface area contributed by atoms with E-state index in [-0.39, 0.29) is 0 Å². The van der Waals surface area contributed by atoms with Crippen molar-refractivity contribution >= 4 is 60.7 Å². The molecule has 0 bridgehead atoms. The SMILES string of the molecule is CC(C)COc1ccc(-c2ccc3c(c2)c2cc(C(C)C)ccc2n3CC(C)C)cc1.CC(C)c1ccc(N(c2ccccc2)c2ccccc2)cc1.CCn1c2ccccc2c2cc(C(C)C)ccc21. The molecule has 8 aromatic carbocycles. The number of nitrogens with zero attached hydrogens (tertiary/aromatic N) is 3. The average molecular weight is 938 g/mol. The molecular formula is C67H75N3O. The second-order valence-electron chi connectivity index (χ2n) is 20.8. The largest absolute Gasteiger partial charge is 0.493 e. The summed E-state index contributed by atoms with van der Waals surface area (Å²) in [6.45, 7) is 27.4. The molecule has 0 aliphatic rings. The maximum Gasteiger partial charge on any atom is 0.119 e. The van der Waals surface area contributed by atoms with Crippen LogP contribution < -0.4 is 9.64 Å². The fourth-order valence-corrected chi connectivity index (χ4v) is 9.61. The van der Waals surface area contributed by atoms with Gasteiger partial charge in [-0.1, -0.05) is 166 Å². The zero-order chi connectivity index (χ0) is 50.2. The molecule has 364 valence electrons. The van der Waals surface area contributed by atoms with E-state index in [9.17, 15) is 0 Å². The fraction of sp³-hybridized carbons (Fsp3) is 0.284. The van der Waals surface area contributed by atoms with E-state index >= 15 is 0 Å². The van der Waals surface area contributed by atoms with Crippen LogP contribution in [0, 0.1) is 11.8 Å². The first kappa shape index (κ1) is 50.4. The summed E-state index contributed by atoms with van der Waals surface area (Å²) in [7, 11) is 0. The van der Waals surface area contributed by atoms with Crippen molar-refractivity contribution in [2.75, 3.05) is 11.5 Å². The molecule has 4 nitrogen and oxygen atoms in total. The number of aromatic nitrogens is 2. The molecule has 0 saturated heterocycles. The molecule has 0 saturated carbocycles. The Morgan fingerprint density at radius 1 is 0.380 bits per heavy atom. The van der Waals surface area contributed by atoms with Crippen molar-refractivity contribution < 1.29 is 4.74 Å². The van der Waals surface area contributed by atoms with Gasteiger partial charge in [0, 0.05) is 73.8 Å². The van der Waals surface area contributed by atoms with Gasteiger partial charge in [0.05, 0.1) is 6.61 Å². The van der Waals surface area contributed by atoms with E-state index in [1.807, 2.05) is 0 Å². The summed E-state index contributed by atoms with van der Waals surface area (Å²) in [6.07, 6.45) is 0. The van der Waals surface area contributed by atoms with Crippen molar-refractivity contribution in [1.82, 2.24) is 9.13 Å². The molecule has 0 N–H and O–H groups in total. The van der Waals surface area contributed by atoms with Gasteiger partial charge in [-0.05, 0) is 155 Å². The normalized spacial score (nSPS) is 11.5. The molecule has 2 heterocycles. The van der Waals surface area contributed by atoms with Crippen LogP contribution in [0.2, 0.25) is 0 Å². The summed E-state index contributed by atoms with van der Waals surface area (Å²) < 4.78 is 10.7. The summed E-state index contributed by atoms with van der Waals surface area (Å²) in [5.41, 5.74) is 15.5. The van der Waals surface area contributed by atoms with E-state index in [2.05, 4.69) is 278 Å². The Morgan fingerprint density at radius 3 is 1.34 bits per heavy atom. The Hall–Kier alpha value is -7.04. The zero-order valence-corrected chi connectivity index (χ0v) is 44.2. The summed E-state index contributed by atoms with van der Waals surface area (Å²) in [5, 5.41) is 5.46. The topological polar surface area (TPSA) is 22.3 Å². The monoisotopic (exact) mass is 938 g/mol.